The molecule has 1 heterocycles. The number of nitrogens with zero attached hydrogens (tertiary/aromatic N) is 5. The molecule has 0 saturated heterocycles. The van der Waals surface area contributed by atoms with Crippen LogP contribution in [0.1, 0.15) is 53.4 Å². The first-order chi connectivity index (χ1) is 35.5. The second-order valence-corrected chi connectivity index (χ2v) is 19.6. The number of benzene rings is 9. The molecule has 1 aromatic heterocycles. The predicted molar refractivity (Wildman–Crippen MR) is 295 cm³/mol. The molecule has 0 saturated carbocycles. The Bertz CT molecular complexity index is 3430. The molecule has 3 aliphatic carbocycles. The molecular formula is C67H51N5. The summed E-state index contributed by atoms with van der Waals surface area (Å²) in [5, 5.41) is 0. The quantitative estimate of drug-likeness (QED) is 0.137. The summed E-state index contributed by atoms with van der Waals surface area (Å²) < 4.78 is 0. The van der Waals surface area contributed by atoms with Crippen LogP contribution in [0.4, 0.5) is 34.1 Å². The number of rotatable bonds is 10. The van der Waals surface area contributed by atoms with Crippen LogP contribution in [0.5, 0.6) is 0 Å². The van der Waals surface area contributed by atoms with Gasteiger partial charge >= 0.3 is 0 Å². The van der Waals surface area contributed by atoms with E-state index < -0.39 is 5.41 Å². The monoisotopic (exact) mass is 925 g/mol. The van der Waals surface area contributed by atoms with Gasteiger partial charge in [0, 0.05) is 51.2 Å². The minimum atomic E-state index is -1.08. The van der Waals surface area contributed by atoms with Crippen LogP contribution in [0.15, 0.2) is 261 Å². The zero-order chi connectivity index (χ0) is 48.2. The van der Waals surface area contributed by atoms with Gasteiger partial charge in [-0.3, -0.25) is 0 Å². The molecule has 9 aromatic carbocycles. The maximum Gasteiger partial charge on any atom is 0.163 e. The standard InChI is InChI=1S/C67H51N5/c1-66(2)59-39-23-21-37-55(59)57-41-42-58-56-38-22-24-40-60(56)67(62(58)61(57)66,65-69-63(46-25-9-3-10-26-46)68-64(70-65)47-27-11-4-12-28-47)48-43-53(71(49-29-13-5-14-30-49)50-31-15-6-16-32-50)45-54(44-48)72(51-33-17-7-18-34-51)52-35-19-8-20-36-52/h3-45,55,59H,1-2H3. The molecule has 0 amide bonds. The van der Waals surface area contributed by atoms with Gasteiger partial charge in [-0.25, -0.2) is 15.0 Å². The number of aromatic nitrogens is 3. The van der Waals surface area contributed by atoms with E-state index >= 15 is 0 Å². The SMILES string of the molecule is CC1(C)c2c(ccc3c2C(c2cc(N(c4ccccc4)c4ccccc4)cc(N(c4ccccc4)c4ccccc4)c2)(c2nc(-c4ccccc4)nc(-c4ccccc4)n2)c2ccccc2-3)C2C=CC=CC21. The topological polar surface area (TPSA) is 45.2 Å². The van der Waals surface area contributed by atoms with Gasteiger partial charge in [-0.1, -0.05) is 208 Å². The van der Waals surface area contributed by atoms with E-state index in [2.05, 4.69) is 272 Å². The molecule has 13 rings (SSSR count). The molecule has 0 radical (unpaired) electrons. The first-order valence-corrected chi connectivity index (χ1v) is 24.9. The van der Waals surface area contributed by atoms with Crippen molar-refractivity contribution in [2.24, 2.45) is 5.92 Å². The number of anilines is 6. The fourth-order valence-corrected chi connectivity index (χ4v) is 12.1. The van der Waals surface area contributed by atoms with Gasteiger partial charge in [-0.05, 0) is 117 Å². The number of para-hydroxylation sites is 4. The third-order valence-electron chi connectivity index (χ3n) is 15.1. The number of fused-ring (bicyclic) bond motifs is 7. The molecule has 0 aliphatic heterocycles. The minimum Gasteiger partial charge on any atom is -0.310 e. The van der Waals surface area contributed by atoms with Gasteiger partial charge in [0.2, 0.25) is 0 Å². The largest absolute Gasteiger partial charge is 0.310 e. The Morgan fingerprint density at radius 3 is 1.33 bits per heavy atom. The molecule has 344 valence electrons. The van der Waals surface area contributed by atoms with Crippen LogP contribution in [-0.2, 0) is 10.8 Å². The molecule has 3 unspecified atom stereocenters. The predicted octanol–water partition coefficient (Wildman–Crippen LogP) is 16.6. The van der Waals surface area contributed by atoms with Gasteiger partial charge in [0.05, 0.1) is 0 Å². The average Bonchev–Trinajstić information content (AvgIpc) is 3.88. The third kappa shape index (κ3) is 6.95. The van der Waals surface area contributed by atoms with Crippen molar-refractivity contribution >= 4 is 34.1 Å². The molecule has 72 heavy (non-hydrogen) atoms. The lowest BCUT2D eigenvalue weighted by molar-refractivity contribution is 0.391. The molecule has 0 spiro atoms. The zero-order valence-electron chi connectivity index (χ0n) is 40.2. The maximum atomic E-state index is 5.83. The molecule has 0 fully saturated rings. The van der Waals surface area contributed by atoms with Crippen molar-refractivity contribution in [3.8, 4) is 33.9 Å². The van der Waals surface area contributed by atoms with Crippen molar-refractivity contribution < 1.29 is 0 Å². The van der Waals surface area contributed by atoms with Crippen LogP contribution in [0.25, 0.3) is 33.9 Å². The fourth-order valence-electron chi connectivity index (χ4n) is 12.1. The first-order valence-electron chi connectivity index (χ1n) is 24.9. The van der Waals surface area contributed by atoms with Crippen molar-refractivity contribution in [1.82, 2.24) is 15.0 Å². The molecule has 10 aromatic rings. The van der Waals surface area contributed by atoms with E-state index in [1.54, 1.807) is 0 Å². The lowest BCUT2D eigenvalue weighted by Gasteiger charge is -2.38. The number of hydrogen-bond donors (Lipinski definition) is 0. The second-order valence-electron chi connectivity index (χ2n) is 19.6. The average molecular weight is 926 g/mol. The van der Waals surface area contributed by atoms with Crippen LogP contribution in [0.2, 0.25) is 0 Å². The Balaban J connectivity index is 1.23. The number of hydrogen-bond acceptors (Lipinski definition) is 5. The maximum absolute atomic E-state index is 5.83. The van der Waals surface area contributed by atoms with Gasteiger partial charge in [0.25, 0.3) is 0 Å². The van der Waals surface area contributed by atoms with E-state index in [0.29, 0.717) is 17.5 Å². The van der Waals surface area contributed by atoms with Crippen molar-refractivity contribution in [3.05, 3.63) is 295 Å². The van der Waals surface area contributed by atoms with Gasteiger partial charge in [-0.15, -0.1) is 0 Å². The van der Waals surface area contributed by atoms with Crippen molar-refractivity contribution in [3.63, 3.8) is 0 Å². The summed E-state index contributed by atoms with van der Waals surface area (Å²) >= 11 is 0. The molecule has 3 atom stereocenters. The van der Waals surface area contributed by atoms with E-state index in [1.165, 1.54) is 27.8 Å². The highest BCUT2D eigenvalue weighted by atomic mass is 15.2. The van der Waals surface area contributed by atoms with Gasteiger partial charge < -0.3 is 9.80 Å². The molecule has 0 bridgehead atoms. The summed E-state index contributed by atoms with van der Waals surface area (Å²) in [5.74, 6) is 2.39. The van der Waals surface area contributed by atoms with Crippen LogP contribution < -0.4 is 9.80 Å². The molecule has 0 N–H and O–H groups in total. The molecular weight excluding hydrogens is 875 g/mol. The number of allylic oxidation sites excluding steroid dienone is 4. The Morgan fingerprint density at radius 2 is 0.833 bits per heavy atom. The third-order valence-corrected chi connectivity index (χ3v) is 15.1. The van der Waals surface area contributed by atoms with Crippen LogP contribution in [0.3, 0.4) is 0 Å². The Kier molecular flexibility index (Phi) is 10.5. The Labute approximate surface area is 421 Å². The summed E-state index contributed by atoms with van der Waals surface area (Å²) in [6.07, 6.45) is 9.30. The summed E-state index contributed by atoms with van der Waals surface area (Å²) in [7, 11) is 0. The van der Waals surface area contributed by atoms with Crippen molar-refractivity contribution in [1.29, 1.82) is 0 Å². The lowest BCUT2D eigenvalue weighted by atomic mass is 9.65. The molecule has 5 nitrogen and oxygen atoms in total. The van der Waals surface area contributed by atoms with E-state index in [0.717, 1.165) is 56.4 Å². The first kappa shape index (κ1) is 43.1. The van der Waals surface area contributed by atoms with Gasteiger partial charge in [-0.2, -0.15) is 0 Å². The summed E-state index contributed by atoms with van der Waals surface area (Å²) in [4.78, 5) is 21.8. The summed E-state index contributed by atoms with van der Waals surface area (Å²) in [5.41, 5.74) is 15.1. The van der Waals surface area contributed by atoms with Crippen molar-refractivity contribution in [2.45, 2.75) is 30.6 Å². The van der Waals surface area contributed by atoms with E-state index in [1.807, 2.05) is 12.1 Å². The minimum absolute atomic E-state index is 0.213. The van der Waals surface area contributed by atoms with Crippen LogP contribution in [-0.4, -0.2) is 15.0 Å². The summed E-state index contributed by atoms with van der Waals surface area (Å²) in [6, 6.07) is 84.7. The van der Waals surface area contributed by atoms with Crippen LogP contribution in [0, 0.1) is 5.92 Å². The van der Waals surface area contributed by atoms with Gasteiger partial charge in [0.15, 0.2) is 17.5 Å². The van der Waals surface area contributed by atoms with E-state index in [-0.39, 0.29) is 17.3 Å². The fraction of sp³-hybridized carbons (Fsp3) is 0.0896. The second kappa shape index (κ2) is 17.5. The summed E-state index contributed by atoms with van der Waals surface area (Å²) in [6.45, 7) is 4.90. The zero-order valence-corrected chi connectivity index (χ0v) is 40.2. The highest BCUT2D eigenvalue weighted by Crippen LogP contribution is 2.64. The highest BCUT2D eigenvalue weighted by Gasteiger charge is 2.56. The van der Waals surface area contributed by atoms with E-state index in [9.17, 15) is 0 Å². The Hall–Kier alpha value is -8.93. The normalized spacial score (nSPS) is 17.6. The van der Waals surface area contributed by atoms with Crippen molar-refractivity contribution in [2.75, 3.05) is 9.80 Å². The molecule has 3 aliphatic rings. The smallest absolute Gasteiger partial charge is 0.163 e. The highest BCUT2D eigenvalue weighted by molar-refractivity contribution is 5.91. The Morgan fingerprint density at radius 1 is 0.389 bits per heavy atom. The van der Waals surface area contributed by atoms with Crippen LogP contribution >= 0.6 is 0 Å². The van der Waals surface area contributed by atoms with Gasteiger partial charge in [0.1, 0.15) is 5.41 Å². The lowest BCUT2D eigenvalue weighted by Crippen LogP contribution is -2.36. The van der Waals surface area contributed by atoms with E-state index in [4.69, 9.17) is 15.0 Å². The molecule has 5 heteroatoms.